The minimum Gasteiger partial charge on any atom is -0.461 e. The second-order valence-electron chi connectivity index (χ2n) is 7.60. The zero-order valence-electron chi connectivity index (χ0n) is 18.0. The normalized spacial score (nSPS) is 12.3. The standard InChI is InChI=1S/C19H29N3O6S/c1-8-10-13(23)21-17-20-12(11-29-17)14(15(24)26-9-2)22-28-19(6,7)16(25)27-18(3,4)5/h11H,8-10H2,1-7H3,(H,20,21,23)/b22-14+. The average Bonchev–Trinajstić information content (AvgIpc) is 3.01. The largest absolute Gasteiger partial charge is 0.461 e. The third-order valence-corrected chi connectivity index (χ3v) is 3.95. The maximum atomic E-state index is 12.3. The summed E-state index contributed by atoms with van der Waals surface area (Å²) in [6.07, 6.45) is 1.06. The molecule has 1 amide bonds. The molecule has 1 aromatic heterocycles. The summed E-state index contributed by atoms with van der Waals surface area (Å²) in [6.45, 7) is 11.8. The van der Waals surface area contributed by atoms with Gasteiger partial charge in [-0.05, 0) is 48.0 Å². The monoisotopic (exact) mass is 427 g/mol. The molecule has 1 N–H and O–H groups in total. The van der Waals surface area contributed by atoms with E-state index in [2.05, 4.69) is 15.5 Å². The summed E-state index contributed by atoms with van der Waals surface area (Å²) >= 11 is 1.14. The molecule has 0 aliphatic heterocycles. The van der Waals surface area contributed by atoms with Crippen molar-refractivity contribution in [1.29, 1.82) is 0 Å². The van der Waals surface area contributed by atoms with E-state index in [9.17, 15) is 14.4 Å². The molecule has 0 unspecified atom stereocenters. The Balaban J connectivity index is 3.07. The Labute approximate surface area is 174 Å². The van der Waals surface area contributed by atoms with Crippen LogP contribution < -0.4 is 5.32 Å². The lowest BCUT2D eigenvalue weighted by Gasteiger charge is -2.26. The fourth-order valence-electron chi connectivity index (χ4n) is 1.83. The number of ether oxygens (including phenoxy) is 2. The minimum atomic E-state index is -1.45. The van der Waals surface area contributed by atoms with Gasteiger partial charge in [-0.25, -0.2) is 14.6 Å². The van der Waals surface area contributed by atoms with Crippen LogP contribution in [0, 0.1) is 0 Å². The number of amides is 1. The molecule has 0 atom stereocenters. The lowest BCUT2D eigenvalue weighted by Crippen LogP contribution is -2.40. The van der Waals surface area contributed by atoms with Crippen LogP contribution in [0.25, 0.3) is 0 Å². The molecule has 0 bridgehead atoms. The lowest BCUT2D eigenvalue weighted by molar-refractivity contribution is -0.179. The van der Waals surface area contributed by atoms with E-state index in [0.717, 1.165) is 11.3 Å². The first kappa shape index (κ1) is 24.5. The number of esters is 2. The third-order valence-electron chi connectivity index (χ3n) is 3.19. The van der Waals surface area contributed by atoms with Gasteiger partial charge in [-0.15, -0.1) is 11.3 Å². The summed E-state index contributed by atoms with van der Waals surface area (Å²) in [7, 11) is 0. The molecule has 1 aromatic rings. The second-order valence-corrected chi connectivity index (χ2v) is 8.46. The Morgan fingerprint density at radius 3 is 2.38 bits per heavy atom. The number of rotatable bonds is 9. The molecule has 1 rings (SSSR count). The summed E-state index contributed by atoms with van der Waals surface area (Å²) in [5.74, 6) is -1.57. The number of carbonyl (C=O) groups excluding carboxylic acids is 3. The molecular weight excluding hydrogens is 398 g/mol. The molecule has 0 saturated heterocycles. The molecule has 0 spiro atoms. The molecule has 0 saturated carbocycles. The Kier molecular flexibility index (Phi) is 8.75. The SMILES string of the molecule is CCCC(=O)Nc1nc(/C(=N\OC(C)(C)C(=O)OC(C)(C)C)C(=O)OCC)cs1. The van der Waals surface area contributed by atoms with Crippen molar-refractivity contribution < 1.29 is 28.7 Å². The molecule has 0 radical (unpaired) electrons. The predicted molar refractivity (Wildman–Crippen MR) is 110 cm³/mol. The van der Waals surface area contributed by atoms with Gasteiger partial charge in [-0.1, -0.05) is 12.1 Å². The van der Waals surface area contributed by atoms with Crippen molar-refractivity contribution in [1.82, 2.24) is 4.98 Å². The van der Waals surface area contributed by atoms with Gasteiger partial charge in [0.1, 0.15) is 11.3 Å². The van der Waals surface area contributed by atoms with Crippen molar-refractivity contribution in [3.05, 3.63) is 11.1 Å². The Morgan fingerprint density at radius 1 is 1.17 bits per heavy atom. The van der Waals surface area contributed by atoms with Gasteiger partial charge in [-0.3, -0.25) is 4.79 Å². The van der Waals surface area contributed by atoms with E-state index in [1.165, 1.54) is 13.8 Å². The highest BCUT2D eigenvalue weighted by atomic mass is 32.1. The topological polar surface area (TPSA) is 116 Å². The molecule has 29 heavy (non-hydrogen) atoms. The van der Waals surface area contributed by atoms with Crippen LogP contribution in [0.15, 0.2) is 10.5 Å². The average molecular weight is 428 g/mol. The third kappa shape index (κ3) is 8.18. The van der Waals surface area contributed by atoms with Crippen LogP contribution in [-0.2, 0) is 28.7 Å². The molecule has 9 nitrogen and oxygen atoms in total. The van der Waals surface area contributed by atoms with E-state index in [0.29, 0.717) is 18.0 Å². The number of oxime groups is 1. The summed E-state index contributed by atoms with van der Waals surface area (Å²) < 4.78 is 10.3. The van der Waals surface area contributed by atoms with Crippen molar-refractivity contribution in [3.63, 3.8) is 0 Å². The lowest BCUT2D eigenvalue weighted by atomic mass is 10.1. The molecule has 0 fully saturated rings. The van der Waals surface area contributed by atoms with E-state index in [1.807, 2.05) is 6.92 Å². The number of hydrogen-bond donors (Lipinski definition) is 1. The van der Waals surface area contributed by atoms with E-state index in [-0.39, 0.29) is 23.9 Å². The van der Waals surface area contributed by atoms with Crippen LogP contribution in [0.5, 0.6) is 0 Å². The first-order valence-electron chi connectivity index (χ1n) is 9.32. The summed E-state index contributed by atoms with van der Waals surface area (Å²) in [4.78, 5) is 45.9. The zero-order valence-corrected chi connectivity index (χ0v) is 18.8. The van der Waals surface area contributed by atoms with Crippen LogP contribution >= 0.6 is 11.3 Å². The number of aromatic nitrogens is 1. The van der Waals surface area contributed by atoms with Gasteiger partial charge >= 0.3 is 11.9 Å². The number of carbonyl (C=O) groups is 3. The van der Waals surface area contributed by atoms with Gasteiger partial charge in [0.2, 0.25) is 17.2 Å². The van der Waals surface area contributed by atoms with Gasteiger partial charge in [-0.2, -0.15) is 0 Å². The molecule has 10 heteroatoms. The van der Waals surface area contributed by atoms with Crippen LogP contribution in [0.4, 0.5) is 5.13 Å². The second kappa shape index (κ2) is 10.3. The Morgan fingerprint density at radius 2 is 1.83 bits per heavy atom. The molecule has 0 aliphatic carbocycles. The van der Waals surface area contributed by atoms with Crippen LogP contribution in [0.1, 0.15) is 67.0 Å². The van der Waals surface area contributed by atoms with E-state index in [1.54, 1.807) is 33.1 Å². The molecule has 0 aliphatic rings. The smallest absolute Gasteiger partial charge is 0.362 e. The predicted octanol–water partition coefficient (Wildman–Crippen LogP) is 3.29. The highest BCUT2D eigenvalue weighted by Gasteiger charge is 2.36. The maximum Gasteiger partial charge on any atom is 0.362 e. The summed E-state index contributed by atoms with van der Waals surface area (Å²) in [5.41, 5.74) is -2.19. The highest BCUT2D eigenvalue weighted by Crippen LogP contribution is 2.20. The molecule has 0 aromatic carbocycles. The number of hydrogen-bond acceptors (Lipinski definition) is 9. The van der Waals surface area contributed by atoms with Crippen molar-refractivity contribution in [2.75, 3.05) is 11.9 Å². The van der Waals surface area contributed by atoms with Gasteiger partial charge in [0.05, 0.1) is 6.61 Å². The minimum absolute atomic E-state index is 0.123. The maximum absolute atomic E-state index is 12.3. The van der Waals surface area contributed by atoms with Gasteiger partial charge in [0.25, 0.3) is 0 Å². The first-order valence-corrected chi connectivity index (χ1v) is 10.2. The van der Waals surface area contributed by atoms with Crippen molar-refractivity contribution in [3.8, 4) is 0 Å². The fourth-order valence-corrected chi connectivity index (χ4v) is 2.55. The van der Waals surface area contributed by atoms with Crippen LogP contribution in [-0.4, -0.2) is 46.4 Å². The van der Waals surface area contributed by atoms with E-state index >= 15 is 0 Å². The van der Waals surface area contributed by atoms with Gasteiger partial charge in [0, 0.05) is 11.8 Å². The van der Waals surface area contributed by atoms with Gasteiger partial charge in [0.15, 0.2) is 5.13 Å². The van der Waals surface area contributed by atoms with E-state index < -0.39 is 23.1 Å². The highest BCUT2D eigenvalue weighted by molar-refractivity contribution is 7.14. The molecule has 162 valence electrons. The zero-order chi connectivity index (χ0) is 22.2. The molecule has 1 heterocycles. The first-order chi connectivity index (χ1) is 13.4. The number of anilines is 1. The van der Waals surface area contributed by atoms with Crippen molar-refractivity contribution in [2.24, 2.45) is 5.16 Å². The molecular formula is C19H29N3O6S. The number of thiazole rings is 1. The van der Waals surface area contributed by atoms with E-state index in [4.69, 9.17) is 14.3 Å². The summed E-state index contributed by atoms with van der Waals surface area (Å²) in [6, 6.07) is 0. The number of nitrogens with one attached hydrogen (secondary N) is 1. The number of nitrogens with zero attached hydrogens (tertiary/aromatic N) is 2. The van der Waals surface area contributed by atoms with Crippen molar-refractivity contribution >= 4 is 40.0 Å². The Bertz CT molecular complexity index is 764. The van der Waals surface area contributed by atoms with Crippen LogP contribution in [0.3, 0.4) is 0 Å². The van der Waals surface area contributed by atoms with Crippen molar-refractivity contribution in [2.45, 2.75) is 72.5 Å². The summed E-state index contributed by atoms with van der Waals surface area (Å²) in [5, 5.41) is 8.35. The van der Waals surface area contributed by atoms with Crippen LogP contribution in [0.2, 0.25) is 0 Å². The van der Waals surface area contributed by atoms with Gasteiger partial charge < -0.3 is 19.6 Å². The quantitative estimate of drug-likeness (QED) is 0.365. The fraction of sp³-hybridized carbons (Fsp3) is 0.632. The Hall–Kier alpha value is -2.49.